The molecule has 1 aromatic carbocycles. The maximum absolute atomic E-state index is 11.2. The molecule has 0 spiro atoms. The number of nitrogens with two attached hydrogens (primary N) is 1. The highest BCUT2D eigenvalue weighted by Crippen LogP contribution is 2.28. The number of carbonyl (C=O) groups is 2. The van der Waals surface area contributed by atoms with Crippen molar-refractivity contribution in [3.8, 4) is 0 Å². The predicted molar refractivity (Wildman–Crippen MR) is 62.8 cm³/mol. The van der Waals surface area contributed by atoms with Crippen LogP contribution in [0.25, 0.3) is 5.57 Å². The first-order valence-electron chi connectivity index (χ1n) is 5.12. The summed E-state index contributed by atoms with van der Waals surface area (Å²) in [4.78, 5) is 22.3. The van der Waals surface area contributed by atoms with Crippen LogP contribution in [0.3, 0.4) is 0 Å². The second kappa shape index (κ2) is 4.29. The number of nitrogens with one attached hydrogen (secondary N) is 1. The standard InChI is InChI=1S/C12H12N2O3/c1-7(15)14-10-5-3-2-4-8(10)9-6-17-12(16)11(9)13/h2-5H,6,13H2,1H3,(H,14,15). The number of hydrogen-bond donors (Lipinski definition) is 2. The molecule has 0 radical (unpaired) electrons. The number of ether oxygens (including phenoxy) is 1. The fraction of sp³-hybridized carbons (Fsp3) is 0.167. The lowest BCUT2D eigenvalue weighted by molar-refractivity contribution is -0.135. The number of anilines is 1. The summed E-state index contributed by atoms with van der Waals surface area (Å²) in [5.41, 5.74) is 7.69. The van der Waals surface area contributed by atoms with E-state index in [2.05, 4.69) is 5.32 Å². The first kappa shape index (κ1) is 11.2. The highest BCUT2D eigenvalue weighted by molar-refractivity contribution is 6.03. The van der Waals surface area contributed by atoms with Crippen LogP contribution >= 0.6 is 0 Å². The molecule has 3 N–H and O–H groups in total. The predicted octanol–water partition coefficient (Wildman–Crippen LogP) is 0.872. The summed E-state index contributed by atoms with van der Waals surface area (Å²) in [7, 11) is 0. The van der Waals surface area contributed by atoms with Gasteiger partial charge < -0.3 is 15.8 Å². The van der Waals surface area contributed by atoms with E-state index in [9.17, 15) is 9.59 Å². The summed E-state index contributed by atoms with van der Waals surface area (Å²) >= 11 is 0. The van der Waals surface area contributed by atoms with Crippen molar-refractivity contribution < 1.29 is 14.3 Å². The second-order valence-corrected chi connectivity index (χ2v) is 3.70. The molecular formula is C12H12N2O3. The third kappa shape index (κ3) is 2.13. The molecule has 0 aliphatic carbocycles. The van der Waals surface area contributed by atoms with E-state index in [1.165, 1.54) is 6.92 Å². The van der Waals surface area contributed by atoms with E-state index in [4.69, 9.17) is 10.5 Å². The Balaban J connectivity index is 2.45. The molecule has 1 aromatic rings. The van der Waals surface area contributed by atoms with Crippen molar-refractivity contribution >= 4 is 23.1 Å². The van der Waals surface area contributed by atoms with E-state index in [0.717, 1.165) is 0 Å². The number of benzene rings is 1. The molecule has 0 fully saturated rings. The van der Waals surface area contributed by atoms with Crippen molar-refractivity contribution in [2.45, 2.75) is 6.92 Å². The van der Waals surface area contributed by atoms with Crippen LogP contribution in [0.2, 0.25) is 0 Å². The largest absolute Gasteiger partial charge is 0.456 e. The fourth-order valence-electron chi connectivity index (χ4n) is 1.68. The summed E-state index contributed by atoms with van der Waals surface area (Å²) in [6.07, 6.45) is 0. The Bertz CT molecular complexity index is 520. The average Bonchev–Trinajstić information content (AvgIpc) is 2.60. The van der Waals surface area contributed by atoms with Gasteiger partial charge in [0.15, 0.2) is 0 Å². The van der Waals surface area contributed by atoms with Crippen molar-refractivity contribution in [2.75, 3.05) is 11.9 Å². The lowest BCUT2D eigenvalue weighted by atomic mass is 10.0. The van der Waals surface area contributed by atoms with Crippen LogP contribution in [0.1, 0.15) is 12.5 Å². The Morgan fingerprint density at radius 2 is 2.12 bits per heavy atom. The summed E-state index contributed by atoms with van der Waals surface area (Å²) in [6, 6.07) is 7.14. The average molecular weight is 232 g/mol. The Morgan fingerprint density at radius 1 is 1.41 bits per heavy atom. The first-order valence-corrected chi connectivity index (χ1v) is 5.12. The van der Waals surface area contributed by atoms with Gasteiger partial charge in [-0.2, -0.15) is 0 Å². The van der Waals surface area contributed by atoms with Crippen molar-refractivity contribution in [3.63, 3.8) is 0 Å². The van der Waals surface area contributed by atoms with Gasteiger partial charge in [-0.15, -0.1) is 0 Å². The first-order chi connectivity index (χ1) is 8.09. The van der Waals surface area contributed by atoms with E-state index >= 15 is 0 Å². The number of hydrogen-bond acceptors (Lipinski definition) is 4. The normalized spacial score (nSPS) is 14.8. The van der Waals surface area contributed by atoms with Gasteiger partial charge >= 0.3 is 5.97 Å². The zero-order valence-electron chi connectivity index (χ0n) is 9.32. The van der Waals surface area contributed by atoms with Crippen LogP contribution in [-0.4, -0.2) is 18.5 Å². The Morgan fingerprint density at radius 3 is 2.71 bits per heavy atom. The molecule has 0 saturated carbocycles. The lowest BCUT2D eigenvalue weighted by Gasteiger charge is -2.09. The maximum atomic E-state index is 11.2. The minimum Gasteiger partial charge on any atom is -0.456 e. The van der Waals surface area contributed by atoms with Gasteiger partial charge in [0.25, 0.3) is 0 Å². The van der Waals surface area contributed by atoms with Crippen LogP contribution < -0.4 is 11.1 Å². The molecule has 1 heterocycles. The smallest absolute Gasteiger partial charge is 0.354 e. The number of para-hydroxylation sites is 1. The van der Waals surface area contributed by atoms with Crippen LogP contribution in [0.15, 0.2) is 30.0 Å². The van der Waals surface area contributed by atoms with E-state index in [1.54, 1.807) is 18.2 Å². The highest BCUT2D eigenvalue weighted by atomic mass is 16.5. The number of rotatable bonds is 2. The highest BCUT2D eigenvalue weighted by Gasteiger charge is 2.24. The molecule has 1 aliphatic rings. The molecule has 0 bridgehead atoms. The van der Waals surface area contributed by atoms with Crippen molar-refractivity contribution in [2.24, 2.45) is 5.73 Å². The summed E-state index contributed by atoms with van der Waals surface area (Å²) < 4.78 is 4.84. The molecule has 1 aliphatic heterocycles. The molecule has 0 atom stereocenters. The molecule has 0 unspecified atom stereocenters. The van der Waals surface area contributed by atoms with Gasteiger partial charge in [-0.3, -0.25) is 4.79 Å². The molecule has 17 heavy (non-hydrogen) atoms. The zero-order valence-corrected chi connectivity index (χ0v) is 9.32. The molecule has 5 nitrogen and oxygen atoms in total. The quantitative estimate of drug-likeness (QED) is 0.741. The SMILES string of the molecule is CC(=O)Nc1ccccc1C1=C(N)C(=O)OC1. The third-order valence-electron chi connectivity index (χ3n) is 2.46. The van der Waals surface area contributed by atoms with Gasteiger partial charge in [-0.25, -0.2) is 4.79 Å². The van der Waals surface area contributed by atoms with E-state index in [-0.39, 0.29) is 18.2 Å². The number of amides is 1. The minimum atomic E-state index is -0.516. The van der Waals surface area contributed by atoms with Crippen molar-refractivity contribution in [3.05, 3.63) is 35.5 Å². The molecule has 0 aromatic heterocycles. The summed E-state index contributed by atoms with van der Waals surface area (Å²) in [6.45, 7) is 1.56. The fourth-order valence-corrected chi connectivity index (χ4v) is 1.68. The van der Waals surface area contributed by atoms with Crippen LogP contribution in [-0.2, 0) is 14.3 Å². The lowest BCUT2D eigenvalue weighted by Crippen LogP contribution is -2.10. The Kier molecular flexibility index (Phi) is 2.82. The van der Waals surface area contributed by atoms with Gasteiger partial charge in [0.2, 0.25) is 5.91 Å². The van der Waals surface area contributed by atoms with Gasteiger partial charge in [-0.1, -0.05) is 18.2 Å². The van der Waals surface area contributed by atoms with Gasteiger partial charge in [0, 0.05) is 23.7 Å². The monoisotopic (exact) mass is 232 g/mol. The number of carbonyl (C=O) groups excluding carboxylic acids is 2. The van der Waals surface area contributed by atoms with Crippen LogP contribution in [0.4, 0.5) is 5.69 Å². The molecule has 2 rings (SSSR count). The Hall–Kier alpha value is -2.30. The van der Waals surface area contributed by atoms with E-state index < -0.39 is 5.97 Å². The minimum absolute atomic E-state index is 0.0998. The van der Waals surface area contributed by atoms with Crippen molar-refractivity contribution in [1.29, 1.82) is 0 Å². The summed E-state index contributed by atoms with van der Waals surface area (Å²) in [5.74, 6) is -0.695. The number of esters is 1. The van der Waals surface area contributed by atoms with Gasteiger partial charge in [-0.05, 0) is 6.07 Å². The molecule has 5 heteroatoms. The topological polar surface area (TPSA) is 81.4 Å². The van der Waals surface area contributed by atoms with Crippen LogP contribution in [0, 0.1) is 0 Å². The van der Waals surface area contributed by atoms with Gasteiger partial charge in [0.05, 0.1) is 0 Å². The molecule has 88 valence electrons. The van der Waals surface area contributed by atoms with E-state index in [1.807, 2.05) is 6.07 Å². The molecular weight excluding hydrogens is 220 g/mol. The number of cyclic esters (lactones) is 1. The molecule has 1 amide bonds. The van der Waals surface area contributed by atoms with Crippen molar-refractivity contribution in [1.82, 2.24) is 0 Å². The summed E-state index contributed by atoms with van der Waals surface area (Å²) in [5, 5.41) is 2.69. The Labute approximate surface area is 98.3 Å². The van der Waals surface area contributed by atoms with E-state index in [0.29, 0.717) is 16.8 Å². The second-order valence-electron chi connectivity index (χ2n) is 3.70. The third-order valence-corrected chi connectivity index (χ3v) is 2.46. The van der Waals surface area contributed by atoms with Gasteiger partial charge in [0.1, 0.15) is 12.3 Å². The van der Waals surface area contributed by atoms with Crippen LogP contribution in [0.5, 0.6) is 0 Å². The zero-order chi connectivity index (χ0) is 12.4. The maximum Gasteiger partial charge on any atom is 0.354 e. The molecule has 0 saturated heterocycles.